The molecule has 7 nitrogen and oxygen atoms in total. The number of nitro benzene ring substituents is 1. The number of hydrogen-bond acceptors (Lipinski definition) is 5. The molecule has 0 bridgehead atoms. The fourth-order valence-electron chi connectivity index (χ4n) is 1.60. The number of aromatic nitrogens is 1. The van der Waals surface area contributed by atoms with E-state index in [1.54, 1.807) is 37.3 Å². The first kappa shape index (κ1) is 14.3. The lowest BCUT2D eigenvalue weighted by Crippen LogP contribution is -2.20. The standard InChI is InChI=1S/C14H12N4O3/c1-10(11-5-4-6-12(9-11)18(20)21)16-17-14(19)13-7-2-3-8-15-13/h2-9H,1H3,(H,17,19)/b16-10-. The van der Waals surface area contributed by atoms with Crippen LogP contribution in [0.5, 0.6) is 0 Å². The molecule has 0 saturated heterocycles. The van der Waals surface area contributed by atoms with E-state index in [1.165, 1.54) is 18.3 Å². The lowest BCUT2D eigenvalue weighted by molar-refractivity contribution is -0.384. The molecule has 0 radical (unpaired) electrons. The van der Waals surface area contributed by atoms with Crippen molar-refractivity contribution in [3.05, 3.63) is 70.0 Å². The zero-order chi connectivity index (χ0) is 15.2. The fourth-order valence-corrected chi connectivity index (χ4v) is 1.60. The molecule has 0 aliphatic heterocycles. The van der Waals surface area contributed by atoms with E-state index in [0.29, 0.717) is 11.3 Å². The first-order valence-electron chi connectivity index (χ1n) is 6.08. The van der Waals surface area contributed by atoms with Gasteiger partial charge in [0.2, 0.25) is 0 Å². The second-order valence-electron chi connectivity index (χ2n) is 4.16. The van der Waals surface area contributed by atoms with Crippen molar-refractivity contribution < 1.29 is 9.72 Å². The van der Waals surface area contributed by atoms with Crippen LogP contribution in [0.25, 0.3) is 0 Å². The van der Waals surface area contributed by atoms with Gasteiger partial charge in [-0.15, -0.1) is 0 Å². The zero-order valence-electron chi connectivity index (χ0n) is 11.2. The third kappa shape index (κ3) is 3.69. The van der Waals surface area contributed by atoms with Crippen LogP contribution < -0.4 is 5.43 Å². The van der Waals surface area contributed by atoms with Gasteiger partial charge in [0.25, 0.3) is 11.6 Å². The van der Waals surface area contributed by atoms with Gasteiger partial charge in [-0.25, -0.2) is 5.43 Å². The molecule has 0 aliphatic carbocycles. The number of amides is 1. The lowest BCUT2D eigenvalue weighted by Gasteiger charge is -2.02. The molecule has 0 saturated carbocycles. The number of non-ortho nitro benzene ring substituents is 1. The fraction of sp³-hybridized carbons (Fsp3) is 0.0714. The normalized spacial score (nSPS) is 11.0. The second kappa shape index (κ2) is 6.38. The van der Waals surface area contributed by atoms with Crippen LogP contribution in [0.3, 0.4) is 0 Å². The summed E-state index contributed by atoms with van der Waals surface area (Å²) < 4.78 is 0. The van der Waals surface area contributed by atoms with Crippen LogP contribution in [0.15, 0.2) is 53.8 Å². The first-order valence-corrected chi connectivity index (χ1v) is 6.08. The molecule has 2 aromatic rings. The predicted molar refractivity (Wildman–Crippen MR) is 77.0 cm³/mol. The van der Waals surface area contributed by atoms with E-state index >= 15 is 0 Å². The van der Waals surface area contributed by atoms with Crippen molar-refractivity contribution in [1.29, 1.82) is 0 Å². The topological polar surface area (TPSA) is 97.5 Å². The Balaban J connectivity index is 2.13. The average molecular weight is 284 g/mol. The summed E-state index contributed by atoms with van der Waals surface area (Å²) in [6.07, 6.45) is 1.51. The monoisotopic (exact) mass is 284 g/mol. The van der Waals surface area contributed by atoms with Gasteiger partial charge in [0.05, 0.1) is 10.6 Å². The van der Waals surface area contributed by atoms with Crippen molar-refractivity contribution >= 4 is 17.3 Å². The van der Waals surface area contributed by atoms with E-state index in [2.05, 4.69) is 15.5 Å². The van der Waals surface area contributed by atoms with E-state index in [4.69, 9.17) is 0 Å². The van der Waals surface area contributed by atoms with Crippen LogP contribution >= 0.6 is 0 Å². The third-order valence-corrected chi connectivity index (χ3v) is 2.70. The third-order valence-electron chi connectivity index (χ3n) is 2.70. The minimum atomic E-state index is -0.483. The van der Waals surface area contributed by atoms with E-state index < -0.39 is 10.8 Å². The van der Waals surface area contributed by atoms with Gasteiger partial charge in [0.1, 0.15) is 5.69 Å². The van der Waals surface area contributed by atoms with Gasteiger partial charge in [0.15, 0.2) is 0 Å². The molecule has 0 aliphatic rings. The highest BCUT2D eigenvalue weighted by Gasteiger charge is 2.08. The number of nitro groups is 1. The molecule has 0 atom stereocenters. The van der Waals surface area contributed by atoms with Crippen LogP contribution in [-0.2, 0) is 0 Å². The van der Waals surface area contributed by atoms with Crippen molar-refractivity contribution in [1.82, 2.24) is 10.4 Å². The minimum Gasteiger partial charge on any atom is -0.266 e. The van der Waals surface area contributed by atoms with Crippen molar-refractivity contribution in [2.45, 2.75) is 6.92 Å². The maximum atomic E-state index is 11.8. The summed E-state index contributed by atoms with van der Waals surface area (Å²) in [6.45, 7) is 1.65. The second-order valence-corrected chi connectivity index (χ2v) is 4.16. The molecular formula is C14H12N4O3. The molecule has 1 aromatic heterocycles. The maximum absolute atomic E-state index is 11.8. The SMILES string of the molecule is C/C(=N/NC(=O)c1ccccn1)c1cccc([N+](=O)[O-])c1. The summed E-state index contributed by atoms with van der Waals surface area (Å²) >= 11 is 0. The van der Waals surface area contributed by atoms with Crippen LogP contribution in [0, 0.1) is 10.1 Å². The largest absolute Gasteiger partial charge is 0.289 e. The molecule has 1 N–H and O–H groups in total. The van der Waals surface area contributed by atoms with Crippen LogP contribution in [0.2, 0.25) is 0 Å². The molecule has 106 valence electrons. The molecule has 1 heterocycles. The molecule has 2 rings (SSSR count). The van der Waals surface area contributed by atoms with Gasteiger partial charge < -0.3 is 0 Å². The molecular weight excluding hydrogens is 272 g/mol. The summed E-state index contributed by atoms with van der Waals surface area (Å²) in [5.41, 5.74) is 3.60. The lowest BCUT2D eigenvalue weighted by atomic mass is 10.1. The van der Waals surface area contributed by atoms with Crippen LogP contribution in [0.1, 0.15) is 23.0 Å². The minimum absolute atomic E-state index is 0.0295. The summed E-state index contributed by atoms with van der Waals surface area (Å²) in [4.78, 5) is 25.9. The number of pyridine rings is 1. The smallest absolute Gasteiger partial charge is 0.266 e. The average Bonchev–Trinajstić information content (AvgIpc) is 2.53. The molecule has 7 heteroatoms. The molecule has 1 amide bonds. The van der Waals surface area contributed by atoms with E-state index in [-0.39, 0.29) is 11.4 Å². The number of hydrazone groups is 1. The Bertz CT molecular complexity index is 698. The summed E-state index contributed by atoms with van der Waals surface area (Å²) in [5, 5.41) is 14.6. The molecule has 0 fully saturated rings. The quantitative estimate of drug-likeness (QED) is 0.528. The number of benzene rings is 1. The summed E-state index contributed by atoms with van der Waals surface area (Å²) in [7, 11) is 0. The van der Waals surface area contributed by atoms with Gasteiger partial charge in [-0.05, 0) is 19.1 Å². The predicted octanol–water partition coefficient (Wildman–Crippen LogP) is 2.14. The highest BCUT2D eigenvalue weighted by molar-refractivity contribution is 6.00. The van der Waals surface area contributed by atoms with Crippen LogP contribution in [0.4, 0.5) is 5.69 Å². The van der Waals surface area contributed by atoms with E-state index in [9.17, 15) is 14.9 Å². The number of hydrogen-bond donors (Lipinski definition) is 1. The van der Waals surface area contributed by atoms with E-state index in [0.717, 1.165) is 0 Å². The number of nitrogens with zero attached hydrogens (tertiary/aromatic N) is 3. The van der Waals surface area contributed by atoms with Crippen LogP contribution in [-0.4, -0.2) is 21.5 Å². The number of carbonyl (C=O) groups is 1. The van der Waals surface area contributed by atoms with Gasteiger partial charge >= 0.3 is 0 Å². The number of carbonyl (C=O) groups excluding carboxylic acids is 1. The zero-order valence-corrected chi connectivity index (χ0v) is 11.2. The highest BCUT2D eigenvalue weighted by atomic mass is 16.6. The highest BCUT2D eigenvalue weighted by Crippen LogP contribution is 2.13. The van der Waals surface area contributed by atoms with Gasteiger partial charge in [-0.1, -0.05) is 18.2 Å². The van der Waals surface area contributed by atoms with Crippen molar-refractivity contribution in [3.63, 3.8) is 0 Å². The Morgan fingerprint density at radius 2 is 2.10 bits per heavy atom. The summed E-state index contributed by atoms with van der Waals surface area (Å²) in [5.74, 6) is -0.444. The Morgan fingerprint density at radius 3 is 2.76 bits per heavy atom. The van der Waals surface area contributed by atoms with Gasteiger partial charge in [-0.2, -0.15) is 5.10 Å². The van der Waals surface area contributed by atoms with Gasteiger partial charge in [0, 0.05) is 23.9 Å². The van der Waals surface area contributed by atoms with Gasteiger partial charge in [-0.3, -0.25) is 19.9 Å². The Morgan fingerprint density at radius 1 is 1.29 bits per heavy atom. The molecule has 0 spiro atoms. The Labute approximate surface area is 120 Å². The molecule has 1 aromatic carbocycles. The van der Waals surface area contributed by atoms with Crippen molar-refractivity contribution in [3.8, 4) is 0 Å². The first-order chi connectivity index (χ1) is 10.1. The summed E-state index contributed by atoms with van der Waals surface area (Å²) in [6, 6.07) is 11.0. The maximum Gasteiger partial charge on any atom is 0.289 e. The number of rotatable bonds is 4. The molecule has 0 unspecified atom stereocenters. The number of nitrogens with one attached hydrogen (secondary N) is 1. The Hall–Kier alpha value is -3.09. The Kier molecular flexibility index (Phi) is 4.35. The molecule has 21 heavy (non-hydrogen) atoms. The van der Waals surface area contributed by atoms with Crippen molar-refractivity contribution in [2.75, 3.05) is 0 Å². The van der Waals surface area contributed by atoms with Crippen molar-refractivity contribution in [2.24, 2.45) is 5.10 Å². The van der Waals surface area contributed by atoms with E-state index in [1.807, 2.05) is 0 Å².